The van der Waals surface area contributed by atoms with Gasteiger partial charge in [-0.15, -0.1) is 0 Å². The minimum absolute atomic E-state index is 0.443. The fourth-order valence-corrected chi connectivity index (χ4v) is 3.54. The van der Waals surface area contributed by atoms with E-state index in [9.17, 15) is 0 Å². The Kier molecular flexibility index (Phi) is 6.55. The lowest BCUT2D eigenvalue weighted by Crippen LogP contribution is -2.52. The van der Waals surface area contributed by atoms with E-state index in [1.54, 1.807) is 13.4 Å². The molecule has 0 spiro atoms. The number of nitrogens with one attached hydrogen (secondary N) is 1. The molecule has 1 aromatic rings. The molecule has 2 fully saturated rings. The molecule has 2 saturated heterocycles. The quantitative estimate of drug-likeness (QED) is 0.489. The first-order chi connectivity index (χ1) is 11.9. The van der Waals surface area contributed by atoms with Crippen LogP contribution in [0, 0.1) is 5.92 Å². The van der Waals surface area contributed by atoms with Crippen molar-refractivity contribution in [2.75, 3.05) is 46.5 Å². The second-order valence-electron chi connectivity index (χ2n) is 6.50. The summed E-state index contributed by atoms with van der Waals surface area (Å²) in [5.41, 5.74) is 0. The Labute approximate surface area is 144 Å². The van der Waals surface area contributed by atoms with Crippen molar-refractivity contribution in [1.82, 2.24) is 10.2 Å². The second kappa shape index (κ2) is 9.08. The number of guanidine groups is 1. The highest BCUT2D eigenvalue weighted by molar-refractivity contribution is 5.80. The summed E-state index contributed by atoms with van der Waals surface area (Å²) in [5, 5.41) is 3.50. The van der Waals surface area contributed by atoms with Crippen molar-refractivity contribution in [3.8, 4) is 0 Å². The highest BCUT2D eigenvalue weighted by Crippen LogP contribution is 2.28. The van der Waals surface area contributed by atoms with E-state index in [4.69, 9.17) is 18.9 Å². The van der Waals surface area contributed by atoms with Crippen molar-refractivity contribution in [2.45, 2.75) is 31.8 Å². The standard InChI is InChI=1S/C18H29N3O3/c1-22-13-9-20-18(19-8-6-16-5-3-11-23-16)21-10-7-17-15(14-21)4-2-12-24-17/h3,5,11,15,17H,2,4,6-10,12-14H2,1H3,(H,19,20)/t15-,17+/m1/s1. The summed E-state index contributed by atoms with van der Waals surface area (Å²) in [6.07, 6.45) is 6.55. The Hall–Kier alpha value is -1.53. The third-order valence-corrected chi connectivity index (χ3v) is 4.81. The van der Waals surface area contributed by atoms with Gasteiger partial charge in [-0.1, -0.05) is 0 Å². The topological polar surface area (TPSA) is 59.2 Å². The minimum atomic E-state index is 0.443. The SMILES string of the molecule is COCCN=C(NCCc1ccco1)N1CC[C@@H]2OCCC[C@@H]2C1. The number of aliphatic imine (C=N–C) groups is 1. The van der Waals surface area contributed by atoms with E-state index in [1.165, 1.54) is 12.8 Å². The molecule has 0 radical (unpaired) electrons. The number of hydrogen-bond acceptors (Lipinski definition) is 4. The molecule has 0 aliphatic carbocycles. The van der Waals surface area contributed by atoms with E-state index < -0.39 is 0 Å². The van der Waals surface area contributed by atoms with Gasteiger partial charge >= 0.3 is 0 Å². The highest BCUT2D eigenvalue weighted by atomic mass is 16.5. The van der Waals surface area contributed by atoms with Gasteiger partial charge in [-0.2, -0.15) is 0 Å². The smallest absolute Gasteiger partial charge is 0.194 e. The van der Waals surface area contributed by atoms with E-state index in [1.807, 2.05) is 12.1 Å². The molecule has 0 unspecified atom stereocenters. The van der Waals surface area contributed by atoms with Gasteiger partial charge in [0.15, 0.2) is 5.96 Å². The third-order valence-electron chi connectivity index (χ3n) is 4.81. The van der Waals surface area contributed by atoms with Crippen LogP contribution in [-0.4, -0.2) is 63.5 Å². The molecule has 1 N–H and O–H groups in total. The molecule has 134 valence electrons. The summed E-state index contributed by atoms with van der Waals surface area (Å²) in [6, 6.07) is 3.94. The monoisotopic (exact) mass is 335 g/mol. The summed E-state index contributed by atoms with van der Waals surface area (Å²) in [4.78, 5) is 7.11. The van der Waals surface area contributed by atoms with Crippen molar-refractivity contribution in [1.29, 1.82) is 0 Å². The van der Waals surface area contributed by atoms with Gasteiger partial charge < -0.3 is 24.1 Å². The molecule has 6 heteroatoms. The Bertz CT molecular complexity index is 504. The number of piperidine rings is 1. The summed E-state index contributed by atoms with van der Waals surface area (Å²) in [5.74, 6) is 2.62. The first-order valence-electron chi connectivity index (χ1n) is 9.03. The Morgan fingerprint density at radius 1 is 1.46 bits per heavy atom. The molecular weight excluding hydrogens is 306 g/mol. The van der Waals surface area contributed by atoms with Crippen LogP contribution < -0.4 is 5.32 Å². The predicted octanol–water partition coefficient (Wildman–Crippen LogP) is 1.91. The molecule has 2 aliphatic rings. The Morgan fingerprint density at radius 3 is 3.25 bits per heavy atom. The number of fused-ring (bicyclic) bond motifs is 1. The van der Waals surface area contributed by atoms with Crippen LogP contribution in [0.5, 0.6) is 0 Å². The largest absolute Gasteiger partial charge is 0.469 e. The Balaban J connectivity index is 1.55. The summed E-state index contributed by atoms with van der Waals surface area (Å²) in [7, 11) is 1.71. The molecule has 2 aliphatic heterocycles. The van der Waals surface area contributed by atoms with Crippen molar-refractivity contribution < 1.29 is 13.9 Å². The predicted molar refractivity (Wildman–Crippen MR) is 93.2 cm³/mol. The van der Waals surface area contributed by atoms with E-state index in [-0.39, 0.29) is 0 Å². The second-order valence-corrected chi connectivity index (χ2v) is 6.50. The molecule has 3 heterocycles. The maximum absolute atomic E-state index is 5.92. The maximum atomic E-state index is 5.92. The number of nitrogens with zero attached hydrogens (tertiary/aromatic N) is 2. The van der Waals surface area contributed by atoms with E-state index >= 15 is 0 Å². The molecule has 0 aromatic carbocycles. The van der Waals surface area contributed by atoms with Crippen LogP contribution >= 0.6 is 0 Å². The fourth-order valence-electron chi connectivity index (χ4n) is 3.54. The normalized spacial score (nSPS) is 24.7. The van der Waals surface area contributed by atoms with Crippen LogP contribution in [0.25, 0.3) is 0 Å². The van der Waals surface area contributed by atoms with Crippen LogP contribution in [0.2, 0.25) is 0 Å². The van der Waals surface area contributed by atoms with Crippen LogP contribution in [-0.2, 0) is 15.9 Å². The summed E-state index contributed by atoms with van der Waals surface area (Å²) >= 11 is 0. The Morgan fingerprint density at radius 2 is 2.42 bits per heavy atom. The summed E-state index contributed by atoms with van der Waals surface area (Å²) in [6.45, 7) is 5.11. The lowest BCUT2D eigenvalue weighted by atomic mass is 9.88. The molecule has 3 rings (SSSR count). The zero-order valence-electron chi connectivity index (χ0n) is 14.6. The molecule has 0 amide bonds. The molecule has 24 heavy (non-hydrogen) atoms. The minimum Gasteiger partial charge on any atom is -0.469 e. The average Bonchev–Trinajstić information content (AvgIpc) is 3.13. The number of ether oxygens (including phenoxy) is 2. The van der Waals surface area contributed by atoms with Gasteiger partial charge in [0.25, 0.3) is 0 Å². The van der Waals surface area contributed by atoms with E-state index in [0.29, 0.717) is 25.2 Å². The molecule has 1 aromatic heterocycles. The molecule has 0 saturated carbocycles. The lowest BCUT2D eigenvalue weighted by Gasteiger charge is -2.42. The van der Waals surface area contributed by atoms with Gasteiger partial charge in [-0.25, -0.2) is 0 Å². The molecule has 0 bridgehead atoms. The zero-order chi connectivity index (χ0) is 16.6. The van der Waals surface area contributed by atoms with Crippen LogP contribution in [0.1, 0.15) is 25.0 Å². The lowest BCUT2D eigenvalue weighted by molar-refractivity contribution is -0.0559. The van der Waals surface area contributed by atoms with E-state index in [2.05, 4.69) is 10.2 Å². The van der Waals surface area contributed by atoms with Crippen molar-refractivity contribution in [2.24, 2.45) is 10.9 Å². The third kappa shape index (κ3) is 4.74. The zero-order valence-corrected chi connectivity index (χ0v) is 14.6. The maximum Gasteiger partial charge on any atom is 0.194 e. The number of furan rings is 1. The molecule has 2 atom stereocenters. The van der Waals surface area contributed by atoms with Gasteiger partial charge in [-0.3, -0.25) is 4.99 Å². The van der Waals surface area contributed by atoms with Crippen LogP contribution in [0.3, 0.4) is 0 Å². The van der Waals surface area contributed by atoms with Gasteiger partial charge in [0, 0.05) is 45.7 Å². The number of methoxy groups -OCH3 is 1. The van der Waals surface area contributed by atoms with Gasteiger partial charge in [-0.05, 0) is 31.4 Å². The van der Waals surface area contributed by atoms with Gasteiger partial charge in [0.2, 0.25) is 0 Å². The van der Waals surface area contributed by atoms with E-state index in [0.717, 1.165) is 50.8 Å². The molecular formula is C18H29N3O3. The van der Waals surface area contributed by atoms with Gasteiger partial charge in [0.05, 0.1) is 25.5 Å². The number of hydrogen-bond donors (Lipinski definition) is 1. The average molecular weight is 335 g/mol. The molecule has 6 nitrogen and oxygen atoms in total. The highest BCUT2D eigenvalue weighted by Gasteiger charge is 2.33. The first kappa shape index (κ1) is 17.3. The van der Waals surface area contributed by atoms with Crippen LogP contribution in [0.4, 0.5) is 0 Å². The van der Waals surface area contributed by atoms with Crippen molar-refractivity contribution in [3.05, 3.63) is 24.2 Å². The first-order valence-corrected chi connectivity index (χ1v) is 9.03. The van der Waals surface area contributed by atoms with Crippen molar-refractivity contribution in [3.63, 3.8) is 0 Å². The van der Waals surface area contributed by atoms with Crippen molar-refractivity contribution >= 4 is 5.96 Å². The fraction of sp³-hybridized carbons (Fsp3) is 0.722. The number of rotatable bonds is 6. The summed E-state index contributed by atoms with van der Waals surface area (Å²) < 4.78 is 16.5. The number of likely N-dealkylation sites (tertiary alicyclic amines) is 1. The van der Waals surface area contributed by atoms with Gasteiger partial charge in [0.1, 0.15) is 5.76 Å². The van der Waals surface area contributed by atoms with Crippen LogP contribution in [0.15, 0.2) is 27.8 Å².